The molecule has 3 aromatic rings. The molecule has 3 aromatic carbocycles. The first-order valence-electron chi connectivity index (χ1n) is 6.69. The van der Waals surface area contributed by atoms with Crippen molar-refractivity contribution in [1.82, 2.24) is 0 Å². The molecule has 0 radical (unpaired) electrons. The Hall–Kier alpha value is -2.54. The Morgan fingerprint density at radius 1 is 0.600 bits per heavy atom. The van der Waals surface area contributed by atoms with Gasteiger partial charge in [0.25, 0.3) is 0 Å². The summed E-state index contributed by atoms with van der Waals surface area (Å²) in [5, 5.41) is 9.42. The zero-order valence-corrected chi connectivity index (χ0v) is 11.4. The zero-order chi connectivity index (χ0) is 13.9. The fraction of sp³-hybridized carbons (Fsp3) is 0.0526. The van der Waals surface area contributed by atoms with Gasteiger partial charge in [-0.2, -0.15) is 0 Å². The van der Waals surface area contributed by atoms with Gasteiger partial charge in [0.05, 0.1) is 0 Å². The number of phenolic OH excluding ortho intramolecular Hbond substituents is 1. The van der Waals surface area contributed by atoms with Gasteiger partial charge in [-0.3, -0.25) is 0 Å². The molecule has 0 fully saturated rings. The van der Waals surface area contributed by atoms with Crippen LogP contribution < -0.4 is 0 Å². The highest BCUT2D eigenvalue weighted by Crippen LogP contribution is 2.32. The molecule has 0 unspecified atom stereocenters. The number of hydrogen-bond acceptors (Lipinski definition) is 1. The van der Waals surface area contributed by atoms with Gasteiger partial charge in [-0.1, -0.05) is 66.2 Å². The third-order valence-corrected chi connectivity index (χ3v) is 3.47. The molecule has 20 heavy (non-hydrogen) atoms. The Morgan fingerprint density at radius 2 is 1.05 bits per heavy atom. The van der Waals surface area contributed by atoms with E-state index in [0.29, 0.717) is 5.75 Å². The Balaban J connectivity index is 2.13. The standard InChI is InChI=1S/C19H16O/c1-14-6-8-15(9-7-14)18-4-2-3-5-19(18)16-10-12-17(20)13-11-16/h2-13,20H,1H3. The second-order valence-corrected chi connectivity index (χ2v) is 4.96. The average Bonchev–Trinajstić information content (AvgIpc) is 2.49. The van der Waals surface area contributed by atoms with Crippen molar-refractivity contribution in [2.45, 2.75) is 6.92 Å². The Bertz CT molecular complexity index is 645. The van der Waals surface area contributed by atoms with Crippen molar-refractivity contribution < 1.29 is 5.11 Å². The minimum atomic E-state index is 0.293. The van der Waals surface area contributed by atoms with Crippen LogP contribution in [0.2, 0.25) is 0 Å². The summed E-state index contributed by atoms with van der Waals surface area (Å²) in [7, 11) is 0. The van der Waals surface area contributed by atoms with Crippen LogP contribution in [0.5, 0.6) is 5.75 Å². The number of aromatic hydroxyl groups is 1. The molecule has 0 aliphatic heterocycles. The molecular weight excluding hydrogens is 244 g/mol. The molecule has 0 aliphatic carbocycles. The maximum Gasteiger partial charge on any atom is 0.115 e. The van der Waals surface area contributed by atoms with E-state index in [0.717, 1.165) is 5.56 Å². The van der Waals surface area contributed by atoms with Gasteiger partial charge < -0.3 is 5.11 Å². The molecule has 1 nitrogen and oxygen atoms in total. The molecule has 0 atom stereocenters. The Kier molecular flexibility index (Phi) is 3.26. The van der Waals surface area contributed by atoms with Crippen LogP contribution >= 0.6 is 0 Å². The van der Waals surface area contributed by atoms with Crippen molar-refractivity contribution in [2.24, 2.45) is 0 Å². The van der Waals surface area contributed by atoms with Crippen molar-refractivity contribution in [3.05, 3.63) is 78.4 Å². The fourth-order valence-corrected chi connectivity index (χ4v) is 2.36. The van der Waals surface area contributed by atoms with Gasteiger partial charge in [0.1, 0.15) is 5.75 Å². The predicted octanol–water partition coefficient (Wildman–Crippen LogP) is 5.03. The van der Waals surface area contributed by atoms with Crippen LogP contribution in [0.1, 0.15) is 5.56 Å². The van der Waals surface area contributed by atoms with E-state index < -0.39 is 0 Å². The van der Waals surface area contributed by atoms with Crippen molar-refractivity contribution >= 4 is 0 Å². The van der Waals surface area contributed by atoms with E-state index in [9.17, 15) is 5.11 Å². The lowest BCUT2D eigenvalue weighted by molar-refractivity contribution is 0.475. The van der Waals surface area contributed by atoms with Gasteiger partial charge >= 0.3 is 0 Å². The van der Waals surface area contributed by atoms with E-state index in [4.69, 9.17) is 0 Å². The third-order valence-electron chi connectivity index (χ3n) is 3.47. The van der Waals surface area contributed by atoms with Crippen molar-refractivity contribution in [3.8, 4) is 28.0 Å². The second-order valence-electron chi connectivity index (χ2n) is 4.96. The maximum absolute atomic E-state index is 9.42. The number of aryl methyl sites for hydroxylation is 1. The average molecular weight is 260 g/mol. The molecular formula is C19H16O. The summed E-state index contributed by atoms with van der Waals surface area (Å²) in [6, 6.07) is 24.2. The molecule has 0 amide bonds. The number of phenols is 1. The van der Waals surface area contributed by atoms with Crippen LogP contribution in [0.4, 0.5) is 0 Å². The van der Waals surface area contributed by atoms with E-state index in [1.54, 1.807) is 12.1 Å². The summed E-state index contributed by atoms with van der Waals surface area (Å²) in [6.07, 6.45) is 0. The van der Waals surface area contributed by atoms with Gasteiger partial charge in [0.2, 0.25) is 0 Å². The van der Waals surface area contributed by atoms with Gasteiger partial charge in [-0.25, -0.2) is 0 Å². The van der Waals surface area contributed by atoms with Crippen molar-refractivity contribution in [1.29, 1.82) is 0 Å². The van der Waals surface area contributed by atoms with E-state index in [2.05, 4.69) is 49.4 Å². The van der Waals surface area contributed by atoms with Gasteiger partial charge in [-0.15, -0.1) is 0 Å². The minimum absolute atomic E-state index is 0.293. The van der Waals surface area contributed by atoms with Crippen LogP contribution in [0, 0.1) is 6.92 Å². The van der Waals surface area contributed by atoms with Crippen molar-refractivity contribution in [3.63, 3.8) is 0 Å². The normalized spacial score (nSPS) is 10.4. The second kappa shape index (κ2) is 5.22. The molecule has 0 spiro atoms. The van der Waals surface area contributed by atoms with E-state index >= 15 is 0 Å². The quantitative estimate of drug-likeness (QED) is 0.684. The van der Waals surface area contributed by atoms with Crippen LogP contribution in [-0.4, -0.2) is 5.11 Å². The molecule has 0 aliphatic rings. The first-order valence-corrected chi connectivity index (χ1v) is 6.69. The summed E-state index contributed by atoms with van der Waals surface area (Å²) < 4.78 is 0. The minimum Gasteiger partial charge on any atom is -0.508 e. The number of rotatable bonds is 2. The van der Waals surface area contributed by atoms with E-state index in [1.165, 1.54) is 22.3 Å². The van der Waals surface area contributed by atoms with Crippen LogP contribution in [-0.2, 0) is 0 Å². The molecule has 0 aromatic heterocycles. The smallest absolute Gasteiger partial charge is 0.115 e. The Labute approximate surface area is 119 Å². The monoisotopic (exact) mass is 260 g/mol. The highest BCUT2D eigenvalue weighted by molar-refractivity contribution is 5.83. The molecule has 0 saturated carbocycles. The summed E-state index contributed by atoms with van der Waals surface area (Å²) in [5.41, 5.74) is 5.96. The number of hydrogen-bond donors (Lipinski definition) is 1. The molecule has 1 N–H and O–H groups in total. The molecule has 1 heteroatoms. The third kappa shape index (κ3) is 2.43. The van der Waals surface area contributed by atoms with Crippen LogP contribution in [0.15, 0.2) is 72.8 Å². The molecule has 98 valence electrons. The maximum atomic E-state index is 9.42. The summed E-state index contributed by atoms with van der Waals surface area (Å²) >= 11 is 0. The SMILES string of the molecule is Cc1ccc(-c2ccccc2-c2ccc(O)cc2)cc1. The molecule has 0 bridgehead atoms. The lowest BCUT2D eigenvalue weighted by Gasteiger charge is -2.10. The molecule has 0 heterocycles. The highest BCUT2D eigenvalue weighted by Gasteiger charge is 2.06. The summed E-state index contributed by atoms with van der Waals surface area (Å²) in [6.45, 7) is 2.09. The molecule has 0 saturated heterocycles. The lowest BCUT2D eigenvalue weighted by Crippen LogP contribution is -1.85. The number of benzene rings is 3. The zero-order valence-electron chi connectivity index (χ0n) is 11.4. The van der Waals surface area contributed by atoms with Gasteiger partial charge in [0.15, 0.2) is 0 Å². The predicted molar refractivity (Wildman–Crippen MR) is 83.7 cm³/mol. The van der Waals surface area contributed by atoms with E-state index in [-0.39, 0.29) is 0 Å². The first kappa shape index (κ1) is 12.5. The fourth-order valence-electron chi connectivity index (χ4n) is 2.36. The lowest BCUT2D eigenvalue weighted by atomic mass is 9.94. The van der Waals surface area contributed by atoms with Gasteiger partial charge in [-0.05, 0) is 41.3 Å². The van der Waals surface area contributed by atoms with Gasteiger partial charge in [0, 0.05) is 0 Å². The summed E-state index contributed by atoms with van der Waals surface area (Å²) in [5.74, 6) is 0.293. The van der Waals surface area contributed by atoms with Crippen LogP contribution in [0.25, 0.3) is 22.3 Å². The Morgan fingerprint density at radius 3 is 1.55 bits per heavy atom. The topological polar surface area (TPSA) is 20.2 Å². The highest BCUT2D eigenvalue weighted by atomic mass is 16.3. The largest absolute Gasteiger partial charge is 0.508 e. The van der Waals surface area contributed by atoms with Crippen molar-refractivity contribution in [2.75, 3.05) is 0 Å². The summed E-state index contributed by atoms with van der Waals surface area (Å²) in [4.78, 5) is 0. The molecule has 3 rings (SSSR count). The van der Waals surface area contributed by atoms with E-state index in [1.807, 2.05) is 18.2 Å². The first-order chi connectivity index (χ1) is 9.74. The van der Waals surface area contributed by atoms with Crippen LogP contribution in [0.3, 0.4) is 0 Å².